The van der Waals surface area contributed by atoms with Crippen molar-refractivity contribution in [3.05, 3.63) is 42.2 Å². The van der Waals surface area contributed by atoms with Crippen LogP contribution < -0.4 is 10.1 Å². The van der Waals surface area contributed by atoms with Gasteiger partial charge in [-0.2, -0.15) is 5.10 Å². The van der Waals surface area contributed by atoms with Gasteiger partial charge in [0.05, 0.1) is 18.5 Å². The molecule has 1 N–H and O–H groups in total. The third-order valence-corrected chi connectivity index (χ3v) is 4.50. The molecule has 0 unspecified atom stereocenters. The predicted molar refractivity (Wildman–Crippen MR) is 100 cm³/mol. The Kier molecular flexibility index (Phi) is 6.46. The lowest BCUT2D eigenvalue weighted by Crippen LogP contribution is -2.39. The molecule has 0 spiro atoms. The molecule has 2 aromatic rings. The Morgan fingerprint density at radius 2 is 1.93 bits per heavy atom. The van der Waals surface area contributed by atoms with Crippen LogP contribution in [0.1, 0.15) is 49.5 Å². The maximum Gasteiger partial charge on any atom is 0.362 e. The quantitative estimate of drug-likeness (QED) is 0.757. The van der Waals surface area contributed by atoms with Crippen LogP contribution in [0.15, 0.2) is 36.5 Å². The molecule has 1 heterocycles. The van der Waals surface area contributed by atoms with E-state index in [1.807, 2.05) is 30.3 Å². The molecular weight excluding hydrogens is 346 g/mol. The number of carbonyl (C=O) groups excluding carboxylic acids is 2. The maximum atomic E-state index is 12.2. The standard InChI is InChI=1S/C20H25N3O4/c1-2-26-20(25)19-17(13-23(22-19)16-11-7-4-8-12-16)27-14-18(24)21-15-9-5-3-6-10-15/h4,7-8,11-13,15H,2-3,5-6,9-10,14H2,1H3,(H,21,24). The Bertz CT molecular complexity index is 767. The lowest BCUT2D eigenvalue weighted by Gasteiger charge is -2.22. The second kappa shape index (κ2) is 9.21. The summed E-state index contributed by atoms with van der Waals surface area (Å²) in [5.74, 6) is -0.532. The van der Waals surface area contributed by atoms with Crippen molar-refractivity contribution in [3.8, 4) is 11.4 Å². The number of para-hydroxylation sites is 1. The molecule has 0 aliphatic heterocycles. The van der Waals surface area contributed by atoms with Gasteiger partial charge in [-0.25, -0.2) is 9.48 Å². The first-order valence-corrected chi connectivity index (χ1v) is 9.41. The van der Waals surface area contributed by atoms with E-state index >= 15 is 0 Å². The molecule has 1 aromatic carbocycles. The van der Waals surface area contributed by atoms with Crippen molar-refractivity contribution in [1.82, 2.24) is 15.1 Å². The first-order valence-electron chi connectivity index (χ1n) is 9.41. The zero-order chi connectivity index (χ0) is 19.1. The van der Waals surface area contributed by atoms with Gasteiger partial charge in [-0.3, -0.25) is 4.79 Å². The number of hydrogen-bond donors (Lipinski definition) is 1. The summed E-state index contributed by atoms with van der Waals surface area (Å²) in [6.45, 7) is 1.80. The van der Waals surface area contributed by atoms with Gasteiger partial charge < -0.3 is 14.8 Å². The summed E-state index contributed by atoms with van der Waals surface area (Å²) in [4.78, 5) is 24.4. The summed E-state index contributed by atoms with van der Waals surface area (Å²) < 4.78 is 12.2. The van der Waals surface area contributed by atoms with E-state index in [9.17, 15) is 9.59 Å². The molecule has 7 heteroatoms. The maximum absolute atomic E-state index is 12.2. The van der Waals surface area contributed by atoms with Crippen molar-refractivity contribution in [2.45, 2.75) is 45.1 Å². The van der Waals surface area contributed by atoms with Crippen LogP contribution in [0.4, 0.5) is 0 Å². The molecule has 0 bridgehead atoms. The molecule has 0 radical (unpaired) electrons. The Balaban J connectivity index is 1.69. The summed E-state index contributed by atoms with van der Waals surface area (Å²) >= 11 is 0. The van der Waals surface area contributed by atoms with Crippen molar-refractivity contribution >= 4 is 11.9 Å². The Morgan fingerprint density at radius 1 is 1.19 bits per heavy atom. The van der Waals surface area contributed by atoms with Crippen LogP contribution in [0.5, 0.6) is 5.75 Å². The highest BCUT2D eigenvalue weighted by Gasteiger charge is 2.22. The minimum absolute atomic E-state index is 0.0613. The van der Waals surface area contributed by atoms with Crippen molar-refractivity contribution < 1.29 is 19.1 Å². The second-order valence-corrected chi connectivity index (χ2v) is 6.53. The molecule has 0 atom stereocenters. The topological polar surface area (TPSA) is 82.4 Å². The highest BCUT2D eigenvalue weighted by atomic mass is 16.5. The highest BCUT2D eigenvalue weighted by Crippen LogP contribution is 2.21. The van der Waals surface area contributed by atoms with Crippen molar-refractivity contribution in [3.63, 3.8) is 0 Å². The minimum atomic E-state index is -0.574. The number of benzene rings is 1. The van der Waals surface area contributed by atoms with Gasteiger partial charge in [0.15, 0.2) is 12.4 Å². The predicted octanol–water partition coefficient (Wildman–Crippen LogP) is 2.88. The number of nitrogens with one attached hydrogen (secondary N) is 1. The van der Waals surface area contributed by atoms with Crippen LogP contribution in [-0.4, -0.2) is 40.9 Å². The number of nitrogens with zero attached hydrogens (tertiary/aromatic N) is 2. The van der Waals surface area contributed by atoms with E-state index in [4.69, 9.17) is 9.47 Å². The SMILES string of the molecule is CCOC(=O)c1nn(-c2ccccc2)cc1OCC(=O)NC1CCCCC1. The zero-order valence-corrected chi connectivity index (χ0v) is 15.5. The number of amides is 1. The Labute approximate surface area is 158 Å². The molecule has 1 fully saturated rings. The summed E-state index contributed by atoms with van der Waals surface area (Å²) in [5.41, 5.74) is 0.843. The lowest BCUT2D eigenvalue weighted by atomic mass is 9.95. The molecule has 7 nitrogen and oxygen atoms in total. The normalized spacial score (nSPS) is 14.6. The molecule has 1 aliphatic carbocycles. The fourth-order valence-electron chi connectivity index (χ4n) is 3.18. The first kappa shape index (κ1) is 18.9. The van der Waals surface area contributed by atoms with Gasteiger partial charge in [0, 0.05) is 6.04 Å². The first-order chi connectivity index (χ1) is 13.2. The third-order valence-electron chi connectivity index (χ3n) is 4.50. The smallest absolute Gasteiger partial charge is 0.362 e. The van der Waals surface area contributed by atoms with Crippen LogP contribution >= 0.6 is 0 Å². The molecule has 1 aromatic heterocycles. The van der Waals surface area contributed by atoms with E-state index in [-0.39, 0.29) is 36.6 Å². The molecule has 0 saturated heterocycles. The molecule has 144 valence electrons. The number of aromatic nitrogens is 2. The van der Waals surface area contributed by atoms with Crippen LogP contribution in [0.25, 0.3) is 5.69 Å². The number of ether oxygens (including phenoxy) is 2. The number of rotatable bonds is 7. The molecule has 27 heavy (non-hydrogen) atoms. The van der Waals surface area contributed by atoms with Gasteiger partial charge in [-0.05, 0) is 31.9 Å². The average Bonchev–Trinajstić information content (AvgIpc) is 3.12. The summed E-state index contributed by atoms with van der Waals surface area (Å²) in [7, 11) is 0. The van der Waals surface area contributed by atoms with Crippen molar-refractivity contribution in [1.29, 1.82) is 0 Å². The van der Waals surface area contributed by atoms with Crippen LogP contribution in [-0.2, 0) is 9.53 Å². The number of carbonyl (C=O) groups is 2. The Morgan fingerprint density at radius 3 is 2.63 bits per heavy atom. The van der Waals surface area contributed by atoms with Gasteiger partial charge in [0.1, 0.15) is 0 Å². The van der Waals surface area contributed by atoms with E-state index in [0.717, 1.165) is 31.4 Å². The fraction of sp³-hybridized carbons (Fsp3) is 0.450. The zero-order valence-electron chi connectivity index (χ0n) is 15.5. The van der Waals surface area contributed by atoms with E-state index in [0.29, 0.717) is 0 Å². The number of esters is 1. The van der Waals surface area contributed by atoms with Crippen LogP contribution in [0, 0.1) is 0 Å². The monoisotopic (exact) mass is 371 g/mol. The Hall–Kier alpha value is -2.83. The molecule has 1 aliphatic rings. The average molecular weight is 371 g/mol. The van der Waals surface area contributed by atoms with Gasteiger partial charge in [-0.15, -0.1) is 0 Å². The van der Waals surface area contributed by atoms with E-state index < -0.39 is 5.97 Å². The fourth-order valence-corrected chi connectivity index (χ4v) is 3.18. The molecule has 3 rings (SSSR count). The lowest BCUT2D eigenvalue weighted by molar-refractivity contribution is -0.124. The minimum Gasteiger partial charge on any atom is -0.480 e. The van der Waals surface area contributed by atoms with Gasteiger partial charge in [-0.1, -0.05) is 37.5 Å². The van der Waals surface area contributed by atoms with Gasteiger partial charge >= 0.3 is 5.97 Å². The van der Waals surface area contributed by atoms with E-state index in [1.165, 1.54) is 6.42 Å². The van der Waals surface area contributed by atoms with Gasteiger partial charge in [0.25, 0.3) is 5.91 Å². The largest absolute Gasteiger partial charge is 0.480 e. The summed E-state index contributed by atoms with van der Waals surface area (Å²) in [6.07, 6.45) is 7.11. The van der Waals surface area contributed by atoms with Crippen LogP contribution in [0.2, 0.25) is 0 Å². The molecule has 1 saturated carbocycles. The van der Waals surface area contributed by atoms with Gasteiger partial charge in [0.2, 0.25) is 5.69 Å². The molecule has 1 amide bonds. The van der Waals surface area contributed by atoms with E-state index in [1.54, 1.807) is 17.8 Å². The summed E-state index contributed by atoms with van der Waals surface area (Å²) in [6, 6.07) is 9.58. The second-order valence-electron chi connectivity index (χ2n) is 6.53. The van der Waals surface area contributed by atoms with E-state index in [2.05, 4.69) is 10.4 Å². The van der Waals surface area contributed by atoms with Crippen molar-refractivity contribution in [2.75, 3.05) is 13.2 Å². The third kappa shape index (κ3) is 5.09. The molecular formula is C20H25N3O4. The summed E-state index contributed by atoms with van der Waals surface area (Å²) in [5, 5.41) is 7.27. The highest BCUT2D eigenvalue weighted by molar-refractivity contribution is 5.90. The van der Waals surface area contributed by atoms with Crippen LogP contribution in [0.3, 0.4) is 0 Å². The van der Waals surface area contributed by atoms with Crippen molar-refractivity contribution in [2.24, 2.45) is 0 Å². The number of hydrogen-bond acceptors (Lipinski definition) is 5.